The Balaban J connectivity index is 1.65. The van der Waals surface area contributed by atoms with Crippen molar-refractivity contribution in [2.24, 2.45) is 5.92 Å². The highest BCUT2D eigenvalue weighted by atomic mass is 32.2. The molecule has 1 atom stereocenters. The minimum atomic E-state index is -3.57. The Labute approximate surface area is 168 Å². The Kier molecular flexibility index (Phi) is 6.39. The highest BCUT2D eigenvalue weighted by Gasteiger charge is 2.33. The Hall–Kier alpha value is -2.34. The van der Waals surface area contributed by atoms with Gasteiger partial charge in [0.25, 0.3) is 0 Å². The third kappa shape index (κ3) is 4.93. The zero-order chi connectivity index (χ0) is 20.1. The van der Waals surface area contributed by atoms with Crippen LogP contribution >= 0.6 is 0 Å². The van der Waals surface area contributed by atoms with Crippen molar-refractivity contribution in [2.45, 2.75) is 32.2 Å². The number of amides is 1. The third-order valence-electron chi connectivity index (χ3n) is 5.37. The van der Waals surface area contributed by atoms with Gasteiger partial charge in [-0.15, -0.1) is 0 Å². The lowest BCUT2D eigenvalue weighted by Gasteiger charge is -2.36. The van der Waals surface area contributed by atoms with E-state index in [9.17, 15) is 13.2 Å². The van der Waals surface area contributed by atoms with E-state index in [0.29, 0.717) is 24.7 Å². The first kappa shape index (κ1) is 20.4. The molecule has 0 saturated carbocycles. The van der Waals surface area contributed by atoms with Gasteiger partial charge < -0.3 is 4.90 Å². The molecule has 0 N–H and O–H groups in total. The average molecular weight is 401 g/mol. The van der Waals surface area contributed by atoms with Crippen molar-refractivity contribution < 1.29 is 13.2 Å². The van der Waals surface area contributed by atoms with Crippen molar-refractivity contribution in [3.63, 3.8) is 0 Å². The second-order valence-electron chi connectivity index (χ2n) is 7.53. The predicted molar refractivity (Wildman–Crippen MR) is 113 cm³/mol. The molecule has 3 rings (SSSR count). The maximum absolute atomic E-state index is 13.0. The predicted octanol–water partition coefficient (Wildman–Crippen LogP) is 3.32. The number of sulfonamides is 1. The fourth-order valence-corrected chi connectivity index (χ4v) is 5.12. The van der Waals surface area contributed by atoms with E-state index in [-0.39, 0.29) is 5.91 Å². The fraction of sp³-hybridized carbons (Fsp3) is 0.409. The SMILES string of the molecule is C[C@H](C(=O)N1CCC(Cc2ccccc2)CC1)N(c1ccccc1)S(C)(=O)=O. The number of hydrogen-bond acceptors (Lipinski definition) is 3. The van der Waals surface area contributed by atoms with Gasteiger partial charge in [-0.3, -0.25) is 9.10 Å². The van der Waals surface area contributed by atoms with E-state index in [0.717, 1.165) is 25.5 Å². The van der Waals surface area contributed by atoms with E-state index >= 15 is 0 Å². The van der Waals surface area contributed by atoms with Gasteiger partial charge in [-0.1, -0.05) is 48.5 Å². The Morgan fingerprint density at radius 3 is 2.11 bits per heavy atom. The number of carbonyl (C=O) groups excluding carboxylic acids is 1. The lowest BCUT2D eigenvalue weighted by molar-refractivity contribution is -0.133. The molecule has 5 nitrogen and oxygen atoms in total. The Bertz CT molecular complexity index is 877. The normalized spacial score (nSPS) is 16.6. The second-order valence-corrected chi connectivity index (χ2v) is 9.39. The Morgan fingerprint density at radius 2 is 1.57 bits per heavy atom. The molecule has 2 aromatic carbocycles. The van der Waals surface area contributed by atoms with Gasteiger partial charge in [-0.2, -0.15) is 0 Å². The van der Waals surface area contributed by atoms with Gasteiger partial charge in [0.1, 0.15) is 6.04 Å². The standard InChI is InChI=1S/C22H28N2O3S/c1-18(24(28(2,26)27)21-11-7-4-8-12-21)22(25)23-15-13-20(14-16-23)17-19-9-5-3-6-10-19/h3-12,18,20H,13-17H2,1-2H3/t18-/m1/s1. The first-order valence-corrected chi connectivity index (χ1v) is 11.6. The minimum Gasteiger partial charge on any atom is -0.341 e. The minimum absolute atomic E-state index is 0.132. The van der Waals surface area contributed by atoms with Gasteiger partial charge in [-0.05, 0) is 49.8 Å². The van der Waals surface area contributed by atoms with Crippen LogP contribution in [-0.4, -0.2) is 44.6 Å². The number of likely N-dealkylation sites (tertiary alicyclic amines) is 1. The molecule has 0 radical (unpaired) electrons. The second kappa shape index (κ2) is 8.78. The molecule has 28 heavy (non-hydrogen) atoms. The number of piperidine rings is 1. The van der Waals surface area contributed by atoms with Crippen molar-refractivity contribution in [3.05, 3.63) is 66.2 Å². The fourth-order valence-electron chi connectivity index (χ4n) is 3.95. The van der Waals surface area contributed by atoms with Crippen LogP contribution in [0, 0.1) is 5.92 Å². The first-order chi connectivity index (χ1) is 13.4. The summed E-state index contributed by atoms with van der Waals surface area (Å²) in [6.07, 6.45) is 4.06. The van der Waals surface area contributed by atoms with Crippen LogP contribution < -0.4 is 4.31 Å². The van der Waals surface area contributed by atoms with Gasteiger partial charge in [0, 0.05) is 13.1 Å². The zero-order valence-corrected chi connectivity index (χ0v) is 17.3. The smallest absolute Gasteiger partial charge is 0.246 e. The zero-order valence-electron chi connectivity index (χ0n) is 16.5. The molecule has 0 spiro atoms. The third-order valence-corrected chi connectivity index (χ3v) is 6.61. The van der Waals surface area contributed by atoms with Gasteiger partial charge in [0.05, 0.1) is 11.9 Å². The largest absolute Gasteiger partial charge is 0.341 e. The molecule has 1 amide bonds. The number of benzene rings is 2. The van der Waals surface area contributed by atoms with Gasteiger partial charge in [0.15, 0.2) is 0 Å². The van der Waals surface area contributed by atoms with E-state index in [1.807, 2.05) is 17.0 Å². The van der Waals surface area contributed by atoms with Crippen LogP contribution in [0.25, 0.3) is 0 Å². The molecule has 1 aliphatic rings. The summed E-state index contributed by atoms with van der Waals surface area (Å²) in [4.78, 5) is 14.9. The Morgan fingerprint density at radius 1 is 1.04 bits per heavy atom. The van der Waals surface area contributed by atoms with E-state index < -0.39 is 16.1 Å². The van der Waals surface area contributed by atoms with E-state index in [2.05, 4.69) is 24.3 Å². The topological polar surface area (TPSA) is 57.7 Å². The molecule has 0 unspecified atom stereocenters. The maximum Gasteiger partial charge on any atom is 0.246 e. The summed E-state index contributed by atoms with van der Waals surface area (Å²) in [5, 5.41) is 0. The summed E-state index contributed by atoms with van der Waals surface area (Å²) in [5.41, 5.74) is 1.85. The van der Waals surface area contributed by atoms with Crippen molar-refractivity contribution in [2.75, 3.05) is 23.7 Å². The van der Waals surface area contributed by atoms with Gasteiger partial charge >= 0.3 is 0 Å². The number of rotatable bonds is 6. The molecule has 150 valence electrons. The van der Waals surface area contributed by atoms with E-state index in [1.54, 1.807) is 31.2 Å². The van der Waals surface area contributed by atoms with Crippen LogP contribution in [0.3, 0.4) is 0 Å². The summed E-state index contributed by atoms with van der Waals surface area (Å²) in [5.74, 6) is 0.425. The monoisotopic (exact) mass is 400 g/mol. The van der Waals surface area contributed by atoms with Crippen LogP contribution in [-0.2, 0) is 21.2 Å². The number of anilines is 1. The molecular weight excluding hydrogens is 372 g/mol. The average Bonchev–Trinajstić information content (AvgIpc) is 2.68. The summed E-state index contributed by atoms with van der Waals surface area (Å²) in [6, 6.07) is 18.5. The van der Waals surface area contributed by atoms with Crippen LogP contribution in [0.4, 0.5) is 5.69 Å². The molecule has 6 heteroatoms. The summed E-state index contributed by atoms with van der Waals surface area (Å²) >= 11 is 0. The number of carbonyl (C=O) groups is 1. The van der Waals surface area contributed by atoms with Gasteiger partial charge in [-0.25, -0.2) is 8.42 Å². The van der Waals surface area contributed by atoms with Crippen molar-refractivity contribution in [1.82, 2.24) is 4.90 Å². The van der Waals surface area contributed by atoms with Crippen LogP contribution in [0.2, 0.25) is 0 Å². The summed E-state index contributed by atoms with van der Waals surface area (Å²) in [6.45, 7) is 3.02. The van der Waals surface area contributed by atoms with Crippen LogP contribution in [0.5, 0.6) is 0 Å². The molecule has 0 aliphatic carbocycles. The highest BCUT2D eigenvalue weighted by Crippen LogP contribution is 2.25. The van der Waals surface area contributed by atoms with Crippen molar-refractivity contribution in [3.8, 4) is 0 Å². The maximum atomic E-state index is 13.0. The number of para-hydroxylation sites is 1. The highest BCUT2D eigenvalue weighted by molar-refractivity contribution is 7.92. The molecule has 1 fully saturated rings. The van der Waals surface area contributed by atoms with E-state index in [1.165, 1.54) is 9.87 Å². The molecule has 0 aromatic heterocycles. The van der Waals surface area contributed by atoms with Gasteiger partial charge in [0.2, 0.25) is 15.9 Å². The number of nitrogens with zero attached hydrogens (tertiary/aromatic N) is 2. The molecule has 1 saturated heterocycles. The summed E-state index contributed by atoms with van der Waals surface area (Å²) < 4.78 is 26.0. The lowest BCUT2D eigenvalue weighted by Crippen LogP contribution is -2.51. The van der Waals surface area contributed by atoms with E-state index in [4.69, 9.17) is 0 Å². The van der Waals surface area contributed by atoms with Crippen LogP contribution in [0.1, 0.15) is 25.3 Å². The lowest BCUT2D eigenvalue weighted by atomic mass is 9.90. The van der Waals surface area contributed by atoms with Crippen LogP contribution in [0.15, 0.2) is 60.7 Å². The number of hydrogen-bond donors (Lipinski definition) is 0. The molecule has 1 heterocycles. The molecular formula is C22H28N2O3S. The summed E-state index contributed by atoms with van der Waals surface area (Å²) in [7, 11) is -3.57. The molecule has 0 bridgehead atoms. The molecule has 1 aliphatic heterocycles. The van der Waals surface area contributed by atoms with Crippen molar-refractivity contribution >= 4 is 21.6 Å². The quantitative estimate of drug-likeness (QED) is 0.747. The molecule has 2 aromatic rings. The first-order valence-electron chi connectivity index (χ1n) is 9.73. The van der Waals surface area contributed by atoms with Crippen molar-refractivity contribution in [1.29, 1.82) is 0 Å².